The number of esters is 1. The summed E-state index contributed by atoms with van der Waals surface area (Å²) in [4.78, 5) is 25.9. The Morgan fingerprint density at radius 1 is 0.889 bits per heavy atom. The molecule has 190 valence electrons. The van der Waals surface area contributed by atoms with Crippen molar-refractivity contribution in [2.24, 2.45) is 0 Å². The van der Waals surface area contributed by atoms with Crippen LogP contribution in [-0.4, -0.2) is 47.7 Å². The first-order chi connectivity index (χ1) is 17.2. The SMILES string of the molecule is COC(=O)c1cc(OC)c(OC)cc1NC(=O)[C@H](Cc1ccccc1)NS(=O)(=O)c1ccc(C)cc1. The van der Waals surface area contributed by atoms with Crippen molar-refractivity contribution in [3.8, 4) is 11.5 Å². The molecule has 0 fully saturated rings. The highest BCUT2D eigenvalue weighted by molar-refractivity contribution is 7.89. The molecule has 3 aromatic rings. The molecule has 0 aliphatic heterocycles. The number of sulfonamides is 1. The first-order valence-electron chi connectivity index (χ1n) is 11.0. The van der Waals surface area contributed by atoms with Gasteiger partial charge in [-0.25, -0.2) is 13.2 Å². The molecule has 1 atom stereocenters. The number of methoxy groups -OCH3 is 3. The van der Waals surface area contributed by atoms with Gasteiger partial charge in [0.15, 0.2) is 11.5 Å². The smallest absolute Gasteiger partial charge is 0.340 e. The molecule has 10 heteroatoms. The second-order valence-electron chi connectivity index (χ2n) is 7.91. The van der Waals surface area contributed by atoms with E-state index in [2.05, 4.69) is 10.0 Å². The Balaban J connectivity index is 1.98. The lowest BCUT2D eigenvalue weighted by Crippen LogP contribution is -2.45. The molecule has 0 radical (unpaired) electrons. The standard InChI is InChI=1S/C26H28N2O7S/c1-17-10-12-19(13-11-17)36(31,32)28-22(14-18-8-6-5-7-9-18)25(29)27-21-16-24(34-3)23(33-2)15-20(21)26(30)35-4/h5-13,15-16,22,28H,14H2,1-4H3,(H,27,29)/t22-/m0/s1. The number of ether oxygens (including phenoxy) is 3. The second-order valence-corrected chi connectivity index (χ2v) is 9.62. The summed E-state index contributed by atoms with van der Waals surface area (Å²) < 4.78 is 44.1. The molecule has 0 saturated heterocycles. The van der Waals surface area contributed by atoms with E-state index in [4.69, 9.17) is 14.2 Å². The van der Waals surface area contributed by atoms with Crippen LogP contribution in [0.2, 0.25) is 0 Å². The van der Waals surface area contributed by atoms with Crippen LogP contribution in [0, 0.1) is 6.92 Å². The van der Waals surface area contributed by atoms with Crippen molar-refractivity contribution in [3.05, 3.63) is 83.4 Å². The van der Waals surface area contributed by atoms with E-state index in [1.165, 1.54) is 45.6 Å². The van der Waals surface area contributed by atoms with Crippen LogP contribution in [0.25, 0.3) is 0 Å². The summed E-state index contributed by atoms with van der Waals surface area (Å²) in [6.45, 7) is 1.84. The molecular formula is C26H28N2O7S. The first-order valence-corrected chi connectivity index (χ1v) is 12.4. The van der Waals surface area contributed by atoms with E-state index in [0.29, 0.717) is 0 Å². The number of anilines is 1. The molecular weight excluding hydrogens is 484 g/mol. The number of amides is 1. The number of hydrogen-bond acceptors (Lipinski definition) is 7. The highest BCUT2D eigenvalue weighted by Crippen LogP contribution is 2.34. The maximum absolute atomic E-state index is 13.4. The normalized spacial score (nSPS) is 11.9. The van der Waals surface area contributed by atoms with Gasteiger partial charge in [0.05, 0.1) is 37.5 Å². The van der Waals surface area contributed by atoms with E-state index in [1.54, 1.807) is 36.4 Å². The van der Waals surface area contributed by atoms with Crippen LogP contribution in [0.3, 0.4) is 0 Å². The van der Waals surface area contributed by atoms with Gasteiger partial charge in [0.25, 0.3) is 0 Å². The Labute approximate surface area is 210 Å². The second kappa shape index (κ2) is 11.7. The Kier molecular flexibility index (Phi) is 8.68. The van der Waals surface area contributed by atoms with Gasteiger partial charge < -0.3 is 19.5 Å². The van der Waals surface area contributed by atoms with Gasteiger partial charge in [-0.1, -0.05) is 48.0 Å². The molecule has 0 spiro atoms. The summed E-state index contributed by atoms with van der Waals surface area (Å²) in [5.41, 5.74) is 1.74. The highest BCUT2D eigenvalue weighted by Gasteiger charge is 2.28. The van der Waals surface area contributed by atoms with Crippen molar-refractivity contribution >= 4 is 27.6 Å². The zero-order valence-corrected chi connectivity index (χ0v) is 21.2. The fourth-order valence-corrected chi connectivity index (χ4v) is 4.69. The quantitative estimate of drug-likeness (QED) is 0.400. The maximum atomic E-state index is 13.4. The summed E-state index contributed by atoms with van der Waals surface area (Å²) in [7, 11) is -0.00700. The van der Waals surface area contributed by atoms with Crippen molar-refractivity contribution in [2.45, 2.75) is 24.3 Å². The summed E-state index contributed by atoms with van der Waals surface area (Å²) in [5.74, 6) is -0.866. The van der Waals surface area contributed by atoms with Crippen molar-refractivity contribution in [1.82, 2.24) is 4.72 Å². The third-order valence-electron chi connectivity index (χ3n) is 5.41. The van der Waals surface area contributed by atoms with Gasteiger partial charge in [0.1, 0.15) is 6.04 Å². The molecule has 0 unspecified atom stereocenters. The zero-order valence-electron chi connectivity index (χ0n) is 20.4. The molecule has 0 saturated carbocycles. The molecule has 9 nitrogen and oxygen atoms in total. The fraction of sp³-hybridized carbons (Fsp3) is 0.231. The van der Waals surface area contributed by atoms with Crippen molar-refractivity contribution in [2.75, 3.05) is 26.6 Å². The molecule has 3 aromatic carbocycles. The lowest BCUT2D eigenvalue weighted by Gasteiger charge is -2.20. The monoisotopic (exact) mass is 512 g/mol. The van der Waals surface area contributed by atoms with Crippen LogP contribution in [0.1, 0.15) is 21.5 Å². The molecule has 0 aliphatic carbocycles. The van der Waals surface area contributed by atoms with Gasteiger partial charge in [0, 0.05) is 12.1 Å². The number of carbonyl (C=O) groups excluding carboxylic acids is 2. The lowest BCUT2D eigenvalue weighted by atomic mass is 10.1. The number of hydrogen-bond donors (Lipinski definition) is 2. The number of nitrogens with one attached hydrogen (secondary N) is 2. The van der Waals surface area contributed by atoms with Gasteiger partial charge in [-0.2, -0.15) is 4.72 Å². The summed E-state index contributed by atoms with van der Waals surface area (Å²) in [5, 5.41) is 2.65. The van der Waals surface area contributed by atoms with Crippen LogP contribution in [0.15, 0.2) is 71.6 Å². The van der Waals surface area contributed by atoms with E-state index in [0.717, 1.165) is 11.1 Å². The topological polar surface area (TPSA) is 120 Å². The molecule has 36 heavy (non-hydrogen) atoms. The van der Waals surface area contributed by atoms with Crippen molar-refractivity contribution < 1.29 is 32.2 Å². The van der Waals surface area contributed by atoms with Crippen LogP contribution < -0.4 is 19.5 Å². The van der Waals surface area contributed by atoms with E-state index in [-0.39, 0.29) is 34.1 Å². The number of benzene rings is 3. The number of aryl methyl sites for hydroxylation is 1. The largest absolute Gasteiger partial charge is 0.493 e. The Morgan fingerprint density at radius 2 is 1.50 bits per heavy atom. The number of carbonyl (C=O) groups is 2. The predicted octanol–water partition coefficient (Wildman–Crippen LogP) is 3.33. The predicted molar refractivity (Wildman–Crippen MR) is 135 cm³/mol. The van der Waals surface area contributed by atoms with Gasteiger partial charge >= 0.3 is 5.97 Å². The Bertz CT molecular complexity index is 1320. The van der Waals surface area contributed by atoms with Crippen LogP contribution in [-0.2, 0) is 26.0 Å². The van der Waals surface area contributed by atoms with Gasteiger partial charge in [0.2, 0.25) is 15.9 Å². The van der Waals surface area contributed by atoms with Crippen molar-refractivity contribution in [1.29, 1.82) is 0 Å². The third-order valence-corrected chi connectivity index (χ3v) is 6.90. The lowest BCUT2D eigenvalue weighted by molar-refractivity contribution is -0.117. The molecule has 0 aromatic heterocycles. The van der Waals surface area contributed by atoms with Crippen LogP contribution in [0.5, 0.6) is 11.5 Å². The summed E-state index contributed by atoms with van der Waals surface area (Å²) in [6, 6.07) is 16.9. The van der Waals surface area contributed by atoms with E-state index in [1.807, 2.05) is 13.0 Å². The molecule has 0 aliphatic rings. The average Bonchev–Trinajstić information content (AvgIpc) is 2.88. The minimum atomic E-state index is -4.04. The Morgan fingerprint density at radius 3 is 2.08 bits per heavy atom. The molecule has 1 amide bonds. The molecule has 2 N–H and O–H groups in total. The minimum Gasteiger partial charge on any atom is -0.493 e. The molecule has 3 rings (SSSR count). The van der Waals surface area contributed by atoms with Crippen LogP contribution >= 0.6 is 0 Å². The molecule has 0 heterocycles. The fourth-order valence-electron chi connectivity index (χ4n) is 3.49. The molecule has 0 bridgehead atoms. The first kappa shape index (κ1) is 26.7. The van der Waals surface area contributed by atoms with E-state index in [9.17, 15) is 18.0 Å². The summed E-state index contributed by atoms with van der Waals surface area (Å²) >= 11 is 0. The highest BCUT2D eigenvalue weighted by atomic mass is 32.2. The van der Waals surface area contributed by atoms with E-state index >= 15 is 0 Å². The van der Waals surface area contributed by atoms with Gasteiger partial charge in [-0.3, -0.25) is 4.79 Å². The maximum Gasteiger partial charge on any atom is 0.340 e. The average molecular weight is 513 g/mol. The van der Waals surface area contributed by atoms with Gasteiger partial charge in [-0.15, -0.1) is 0 Å². The zero-order chi connectivity index (χ0) is 26.3. The van der Waals surface area contributed by atoms with Gasteiger partial charge in [-0.05, 0) is 31.0 Å². The van der Waals surface area contributed by atoms with Crippen molar-refractivity contribution in [3.63, 3.8) is 0 Å². The van der Waals surface area contributed by atoms with E-state index < -0.39 is 27.9 Å². The minimum absolute atomic E-state index is 0.0170. The van der Waals surface area contributed by atoms with Crippen LogP contribution in [0.4, 0.5) is 5.69 Å². The summed E-state index contributed by atoms with van der Waals surface area (Å²) in [6.07, 6.45) is 0.0681. The third kappa shape index (κ3) is 6.41. The Hall–Kier alpha value is -3.89. The number of rotatable bonds is 10.